The van der Waals surface area contributed by atoms with Gasteiger partial charge in [0.2, 0.25) is 11.4 Å². The van der Waals surface area contributed by atoms with E-state index in [0.29, 0.717) is 0 Å². The molecule has 0 saturated heterocycles. The van der Waals surface area contributed by atoms with Crippen LogP contribution in [0.3, 0.4) is 0 Å². The fourth-order valence-corrected chi connectivity index (χ4v) is 9.41. The molecule has 0 aromatic heterocycles. The number of hydrogen-bond acceptors (Lipinski definition) is 0. The van der Waals surface area contributed by atoms with Gasteiger partial charge in [0.05, 0.1) is 0 Å². The van der Waals surface area contributed by atoms with Gasteiger partial charge in [-0.15, -0.1) is 0 Å². The molecule has 0 amide bonds. The van der Waals surface area contributed by atoms with Crippen LogP contribution in [-0.4, -0.2) is 4.70 Å². The predicted molar refractivity (Wildman–Crippen MR) is 298 cm³/mol. The van der Waals surface area contributed by atoms with Crippen LogP contribution >= 0.6 is 0 Å². The molecule has 67 heavy (non-hydrogen) atoms. The summed E-state index contributed by atoms with van der Waals surface area (Å²) in [6.45, 7) is 21.3. The minimum absolute atomic E-state index is 0. The van der Waals surface area contributed by atoms with E-state index in [4.69, 9.17) is 0 Å². The number of aryl methyl sites for hydroxylation is 2. The van der Waals surface area contributed by atoms with Crippen molar-refractivity contribution in [1.29, 1.82) is 0 Å². The Morgan fingerprint density at radius 2 is 0.701 bits per heavy atom. The Morgan fingerprint density at radius 1 is 0.358 bits per heavy atom. The van der Waals surface area contributed by atoms with Gasteiger partial charge in [0.15, 0.2) is 0 Å². The van der Waals surface area contributed by atoms with Gasteiger partial charge in [0.1, 0.15) is 0 Å². The van der Waals surface area contributed by atoms with Crippen molar-refractivity contribution in [2.45, 2.75) is 298 Å². The molecule has 0 unspecified atom stereocenters. The van der Waals surface area contributed by atoms with Crippen LogP contribution in [0.15, 0.2) is 59.7 Å². The van der Waals surface area contributed by atoms with Crippen molar-refractivity contribution in [3.8, 4) is 0 Å². The normalized spacial score (nSPS) is 12.3. The molecule has 386 valence electrons. The SMILES string of the molecule is CCCCCCC1=C(c2cccc(CCCC)c2)[N+](=[N-])C(c2ccc(CC)cc2)=C1CCCC.[CH2-]CCCCCCCCCCCCCCC.[CH2-]CCCCCCCCCCCCCCC.[Ni+2]. The molecule has 2 nitrogen and oxygen atoms in total. The molecule has 0 radical (unpaired) electrons. The van der Waals surface area contributed by atoms with Crippen molar-refractivity contribution in [2.24, 2.45) is 0 Å². The zero-order valence-electron chi connectivity index (χ0n) is 45.5. The van der Waals surface area contributed by atoms with Crippen molar-refractivity contribution in [3.05, 3.63) is 101 Å². The van der Waals surface area contributed by atoms with E-state index in [2.05, 4.69) is 104 Å². The largest absolute Gasteiger partial charge is 2.00 e. The van der Waals surface area contributed by atoms with Crippen LogP contribution in [0.5, 0.6) is 0 Å². The third kappa shape index (κ3) is 31.8. The monoisotopic (exact) mass is 965 g/mol. The molecule has 2 aromatic rings. The summed E-state index contributed by atoms with van der Waals surface area (Å²) < 4.78 is 1.53. The van der Waals surface area contributed by atoms with Crippen LogP contribution in [0.1, 0.15) is 308 Å². The Kier molecular flexibility index (Phi) is 46.3. The van der Waals surface area contributed by atoms with Crippen LogP contribution in [0.2, 0.25) is 0 Å². The maximum Gasteiger partial charge on any atom is 2.00 e. The zero-order valence-corrected chi connectivity index (χ0v) is 46.5. The van der Waals surface area contributed by atoms with Gasteiger partial charge in [-0.1, -0.05) is 265 Å². The van der Waals surface area contributed by atoms with Crippen molar-refractivity contribution >= 4 is 11.4 Å². The minimum Gasteiger partial charge on any atom is -0.493 e. The quantitative estimate of drug-likeness (QED) is 0.0275. The average Bonchev–Trinajstić information content (AvgIpc) is 3.62. The Balaban J connectivity index is 0.00000111. The predicted octanol–water partition coefficient (Wildman–Crippen LogP) is 22.5. The third-order valence-electron chi connectivity index (χ3n) is 13.8. The molecule has 2 aromatic carbocycles. The fraction of sp³-hybridized carbons (Fsp3) is 0.719. The van der Waals surface area contributed by atoms with Gasteiger partial charge in [-0.3, -0.25) is 0 Å². The molecule has 0 atom stereocenters. The van der Waals surface area contributed by atoms with E-state index in [-0.39, 0.29) is 16.5 Å². The van der Waals surface area contributed by atoms with Gasteiger partial charge >= 0.3 is 16.5 Å². The van der Waals surface area contributed by atoms with Gasteiger partial charge in [0.25, 0.3) is 0 Å². The smallest absolute Gasteiger partial charge is 0.493 e. The van der Waals surface area contributed by atoms with Crippen molar-refractivity contribution < 1.29 is 21.2 Å². The summed E-state index contributed by atoms with van der Waals surface area (Å²) in [6.07, 6.45) is 53.5. The molecule has 1 heterocycles. The van der Waals surface area contributed by atoms with E-state index in [0.717, 1.165) is 73.9 Å². The summed E-state index contributed by atoms with van der Waals surface area (Å²) in [6, 6.07) is 17.7. The first-order valence-electron chi connectivity index (χ1n) is 29.2. The van der Waals surface area contributed by atoms with Crippen molar-refractivity contribution in [2.75, 3.05) is 0 Å². The summed E-state index contributed by atoms with van der Waals surface area (Å²) in [5.41, 5.74) is 21.4. The molecule has 0 fully saturated rings. The van der Waals surface area contributed by atoms with E-state index < -0.39 is 0 Å². The van der Waals surface area contributed by atoms with E-state index in [1.807, 2.05) is 0 Å². The van der Waals surface area contributed by atoms with Gasteiger partial charge in [-0.2, -0.15) is 12.8 Å². The first-order valence-corrected chi connectivity index (χ1v) is 29.2. The summed E-state index contributed by atoms with van der Waals surface area (Å²) in [5, 5.41) is 0. The molecule has 0 N–H and O–H groups in total. The number of rotatable bonds is 40. The number of unbranched alkanes of at least 4 members (excludes halogenated alkanes) is 31. The topological polar surface area (TPSA) is 25.3 Å². The van der Waals surface area contributed by atoms with E-state index in [1.54, 1.807) is 0 Å². The first kappa shape index (κ1) is 65.0. The van der Waals surface area contributed by atoms with Gasteiger partial charge < -0.3 is 19.4 Å². The minimum atomic E-state index is 0. The van der Waals surface area contributed by atoms with Gasteiger partial charge in [0, 0.05) is 22.3 Å². The van der Waals surface area contributed by atoms with Gasteiger partial charge in [-0.05, 0) is 80.3 Å². The van der Waals surface area contributed by atoms with Crippen LogP contribution in [0.4, 0.5) is 0 Å². The fourth-order valence-electron chi connectivity index (χ4n) is 9.41. The van der Waals surface area contributed by atoms with Crippen LogP contribution in [0, 0.1) is 13.8 Å². The number of nitrogens with zero attached hydrogens (tertiary/aromatic N) is 2. The maximum absolute atomic E-state index is 11.7. The van der Waals surface area contributed by atoms with Gasteiger partial charge in [-0.25, -0.2) is 4.70 Å². The molecule has 3 heteroatoms. The second-order valence-electron chi connectivity index (χ2n) is 19.9. The third-order valence-corrected chi connectivity index (χ3v) is 13.8. The van der Waals surface area contributed by atoms with Crippen molar-refractivity contribution in [3.63, 3.8) is 0 Å². The molecule has 1 aliphatic heterocycles. The molecule has 0 spiro atoms. The number of hydrogen-bond donors (Lipinski definition) is 0. The Bertz CT molecular complexity index is 1410. The second-order valence-corrected chi connectivity index (χ2v) is 19.9. The van der Waals surface area contributed by atoms with Crippen LogP contribution in [0.25, 0.3) is 16.9 Å². The summed E-state index contributed by atoms with van der Waals surface area (Å²) in [7, 11) is 0. The number of benzene rings is 2. The Labute approximate surface area is 430 Å². The molecule has 0 saturated carbocycles. The Hall–Kier alpha value is -1.99. The first-order chi connectivity index (χ1) is 32.5. The summed E-state index contributed by atoms with van der Waals surface area (Å²) >= 11 is 0. The molecule has 0 bridgehead atoms. The number of allylic oxidation sites excluding steroid dienone is 2. The van der Waals surface area contributed by atoms with E-state index >= 15 is 0 Å². The van der Waals surface area contributed by atoms with E-state index in [1.165, 1.54) is 232 Å². The van der Waals surface area contributed by atoms with Crippen LogP contribution in [-0.2, 0) is 29.3 Å². The maximum atomic E-state index is 11.7. The molecule has 1 aliphatic rings. The summed E-state index contributed by atoms with van der Waals surface area (Å²) in [5.74, 6) is 0. The van der Waals surface area contributed by atoms with Crippen molar-refractivity contribution in [1.82, 2.24) is 0 Å². The Morgan fingerprint density at radius 3 is 1.09 bits per heavy atom. The van der Waals surface area contributed by atoms with E-state index in [9.17, 15) is 5.53 Å². The van der Waals surface area contributed by atoms with Crippen LogP contribution < -0.4 is 0 Å². The second kappa shape index (κ2) is 47.7. The standard InChI is InChI=1S/C32H44N2.2C16H33.Ni/c1-5-9-12-13-19-30-29(18-11-7-3)31(27-22-20-25(8-4)21-23-27)34(33)32(30)28-17-14-16-26(24-28)15-10-6-2;2*1-3-5-7-9-11-13-15-16-14-12-10-8-6-4-2;/h14,16-17,20-24H,5-13,15,18-19H2,1-4H3;2*1,3-16H2,2H3;/q;2*-1;+2. The summed E-state index contributed by atoms with van der Waals surface area (Å²) in [4.78, 5) is 0. The molecule has 3 rings (SSSR count). The molecule has 0 aliphatic carbocycles. The molecular formula is C64H110N2Ni. The zero-order chi connectivity index (χ0) is 48.1. The average molecular weight is 966 g/mol. The molecular weight excluding hydrogens is 855 g/mol.